The minimum absolute atomic E-state index is 0.0520. The fraction of sp³-hybridized carbons (Fsp3) is 0.636. The number of amides is 1. The van der Waals surface area contributed by atoms with E-state index in [2.05, 4.69) is 10.2 Å². The smallest absolute Gasteiger partial charge is 0.228 e. The van der Waals surface area contributed by atoms with Crippen LogP contribution in [0.5, 0.6) is 0 Å². The highest BCUT2D eigenvalue weighted by Crippen LogP contribution is 2.18. The van der Waals surface area contributed by atoms with E-state index in [0.29, 0.717) is 13.0 Å². The molecule has 2 heterocycles. The van der Waals surface area contributed by atoms with Crippen LogP contribution in [0.4, 0.5) is 0 Å². The molecule has 0 aliphatic carbocycles. The van der Waals surface area contributed by atoms with Gasteiger partial charge < -0.3 is 4.90 Å². The highest BCUT2D eigenvalue weighted by Gasteiger charge is 2.33. The van der Waals surface area contributed by atoms with E-state index in [1.807, 2.05) is 6.92 Å². The van der Waals surface area contributed by atoms with Crippen LogP contribution in [0.25, 0.3) is 0 Å². The van der Waals surface area contributed by atoms with Crippen LogP contribution in [0.2, 0.25) is 0 Å². The normalized spacial score (nSPS) is 21.9. The molecule has 0 spiro atoms. The Kier molecular flexibility index (Phi) is 3.70. The molecular weight excluding hydrogens is 254 g/mol. The van der Waals surface area contributed by atoms with Crippen molar-refractivity contribution in [3.63, 3.8) is 0 Å². The molecule has 0 aromatic carbocycles. The number of sulfone groups is 1. The third-order valence-corrected chi connectivity index (χ3v) is 4.96. The van der Waals surface area contributed by atoms with Gasteiger partial charge in [0.05, 0.1) is 17.9 Å². The van der Waals surface area contributed by atoms with Crippen molar-refractivity contribution in [2.24, 2.45) is 0 Å². The first-order chi connectivity index (χ1) is 8.52. The summed E-state index contributed by atoms with van der Waals surface area (Å²) in [5.41, 5.74) is 0.749. The number of rotatable bonds is 4. The topological polar surface area (TPSA) is 83.1 Å². The van der Waals surface area contributed by atoms with E-state index >= 15 is 0 Å². The Morgan fingerprint density at radius 2 is 2.39 bits per heavy atom. The van der Waals surface area contributed by atoms with Crippen molar-refractivity contribution in [1.29, 1.82) is 0 Å². The molecule has 2 rings (SSSR count). The second-order valence-corrected chi connectivity index (χ2v) is 6.72. The zero-order chi connectivity index (χ0) is 13.2. The predicted octanol–water partition coefficient (Wildman–Crippen LogP) is -0.0122. The summed E-state index contributed by atoms with van der Waals surface area (Å²) in [7, 11) is -2.96. The summed E-state index contributed by atoms with van der Waals surface area (Å²) in [6.45, 7) is 2.41. The lowest BCUT2D eigenvalue weighted by Gasteiger charge is -2.26. The SMILES string of the molecule is CCN(C(=O)Cc1ccn[nH]1)C1CCS(=O)(=O)C1. The Morgan fingerprint density at radius 1 is 1.61 bits per heavy atom. The second-order valence-electron chi connectivity index (χ2n) is 4.50. The predicted molar refractivity (Wildman–Crippen MR) is 66.7 cm³/mol. The van der Waals surface area contributed by atoms with Crippen molar-refractivity contribution >= 4 is 15.7 Å². The van der Waals surface area contributed by atoms with E-state index in [1.165, 1.54) is 0 Å². The number of carbonyl (C=O) groups is 1. The molecule has 1 unspecified atom stereocenters. The molecule has 1 amide bonds. The standard InChI is InChI=1S/C11H17N3O3S/c1-2-14(10-4-6-18(16,17)8-10)11(15)7-9-3-5-12-13-9/h3,5,10H,2,4,6-8H2,1H3,(H,12,13). The molecule has 7 heteroatoms. The molecule has 1 aliphatic rings. The Hall–Kier alpha value is -1.37. The monoisotopic (exact) mass is 271 g/mol. The third-order valence-electron chi connectivity index (χ3n) is 3.21. The van der Waals surface area contributed by atoms with Gasteiger partial charge in [-0.2, -0.15) is 5.10 Å². The van der Waals surface area contributed by atoms with Crippen molar-refractivity contribution < 1.29 is 13.2 Å². The summed E-state index contributed by atoms with van der Waals surface area (Å²) < 4.78 is 22.9. The van der Waals surface area contributed by atoms with E-state index in [9.17, 15) is 13.2 Å². The van der Waals surface area contributed by atoms with Gasteiger partial charge in [-0.15, -0.1) is 0 Å². The van der Waals surface area contributed by atoms with Gasteiger partial charge >= 0.3 is 0 Å². The van der Waals surface area contributed by atoms with E-state index in [4.69, 9.17) is 0 Å². The zero-order valence-electron chi connectivity index (χ0n) is 10.3. The van der Waals surface area contributed by atoms with E-state index in [0.717, 1.165) is 5.69 Å². The number of carbonyl (C=O) groups excluding carboxylic acids is 1. The molecule has 1 atom stereocenters. The Bertz CT molecular complexity index is 510. The average molecular weight is 271 g/mol. The molecule has 0 bridgehead atoms. The van der Waals surface area contributed by atoms with Crippen LogP contribution in [0, 0.1) is 0 Å². The summed E-state index contributed by atoms with van der Waals surface area (Å²) in [5, 5.41) is 6.53. The van der Waals surface area contributed by atoms with Crippen LogP contribution >= 0.6 is 0 Å². The lowest BCUT2D eigenvalue weighted by Crippen LogP contribution is -2.41. The quantitative estimate of drug-likeness (QED) is 0.834. The zero-order valence-corrected chi connectivity index (χ0v) is 11.1. The number of nitrogens with one attached hydrogen (secondary N) is 1. The number of nitrogens with zero attached hydrogens (tertiary/aromatic N) is 2. The van der Waals surface area contributed by atoms with E-state index < -0.39 is 9.84 Å². The average Bonchev–Trinajstić information content (AvgIpc) is 2.89. The van der Waals surface area contributed by atoms with Crippen molar-refractivity contribution in [3.05, 3.63) is 18.0 Å². The fourth-order valence-electron chi connectivity index (χ4n) is 2.31. The van der Waals surface area contributed by atoms with Crippen LogP contribution in [0.15, 0.2) is 12.3 Å². The van der Waals surface area contributed by atoms with Gasteiger partial charge in [0.2, 0.25) is 5.91 Å². The van der Waals surface area contributed by atoms with Gasteiger partial charge in [0.15, 0.2) is 9.84 Å². The van der Waals surface area contributed by atoms with Crippen LogP contribution in [0.3, 0.4) is 0 Å². The highest BCUT2D eigenvalue weighted by molar-refractivity contribution is 7.91. The van der Waals surface area contributed by atoms with Gasteiger partial charge in [-0.3, -0.25) is 9.89 Å². The fourth-order valence-corrected chi connectivity index (χ4v) is 4.04. The number of likely N-dealkylation sites (N-methyl/N-ethyl adjacent to an activating group) is 1. The lowest BCUT2D eigenvalue weighted by molar-refractivity contribution is -0.132. The molecule has 0 radical (unpaired) electrons. The summed E-state index contributed by atoms with van der Waals surface area (Å²) in [5.74, 6) is 0.227. The maximum Gasteiger partial charge on any atom is 0.228 e. The lowest BCUT2D eigenvalue weighted by atomic mass is 10.2. The number of H-pyrrole nitrogens is 1. The Morgan fingerprint density at radius 3 is 2.89 bits per heavy atom. The van der Waals surface area contributed by atoms with Gasteiger partial charge in [-0.25, -0.2) is 8.42 Å². The summed E-state index contributed by atoms with van der Waals surface area (Å²) >= 11 is 0. The van der Waals surface area contributed by atoms with E-state index in [-0.39, 0.29) is 29.9 Å². The highest BCUT2D eigenvalue weighted by atomic mass is 32.2. The molecule has 1 aliphatic heterocycles. The molecule has 1 aromatic rings. The van der Waals surface area contributed by atoms with Gasteiger partial charge in [0, 0.05) is 24.5 Å². The summed E-state index contributed by atoms with van der Waals surface area (Å²) in [6.07, 6.45) is 2.38. The molecule has 100 valence electrons. The molecule has 0 saturated carbocycles. The molecule has 1 N–H and O–H groups in total. The van der Waals surface area contributed by atoms with Crippen molar-refractivity contribution in [3.8, 4) is 0 Å². The molecule has 1 saturated heterocycles. The number of aromatic amines is 1. The largest absolute Gasteiger partial charge is 0.339 e. The maximum absolute atomic E-state index is 12.1. The number of aromatic nitrogens is 2. The minimum atomic E-state index is -2.96. The van der Waals surface area contributed by atoms with Crippen molar-refractivity contribution in [1.82, 2.24) is 15.1 Å². The van der Waals surface area contributed by atoms with Gasteiger partial charge in [-0.05, 0) is 19.4 Å². The molecule has 1 fully saturated rings. The summed E-state index contributed by atoms with van der Waals surface area (Å²) in [4.78, 5) is 13.8. The molecule has 6 nitrogen and oxygen atoms in total. The van der Waals surface area contributed by atoms with Crippen molar-refractivity contribution in [2.75, 3.05) is 18.1 Å². The van der Waals surface area contributed by atoms with Gasteiger partial charge in [0.25, 0.3) is 0 Å². The minimum Gasteiger partial charge on any atom is -0.339 e. The number of hydrogen-bond acceptors (Lipinski definition) is 4. The first-order valence-corrected chi connectivity index (χ1v) is 7.82. The second kappa shape index (κ2) is 5.09. The van der Waals surface area contributed by atoms with Gasteiger partial charge in [0.1, 0.15) is 0 Å². The molecule has 18 heavy (non-hydrogen) atoms. The molecule has 1 aromatic heterocycles. The molecular formula is C11H17N3O3S. The first-order valence-electron chi connectivity index (χ1n) is 6.00. The Balaban J connectivity index is 2.03. The summed E-state index contributed by atoms with van der Waals surface area (Å²) in [6, 6.07) is 1.58. The van der Waals surface area contributed by atoms with E-state index in [1.54, 1.807) is 17.2 Å². The van der Waals surface area contributed by atoms with Crippen molar-refractivity contribution in [2.45, 2.75) is 25.8 Å². The maximum atomic E-state index is 12.1. The first kappa shape index (κ1) is 13.1. The Labute approximate surface area is 106 Å². The van der Waals surface area contributed by atoms with Crippen LogP contribution in [-0.4, -0.2) is 53.5 Å². The van der Waals surface area contributed by atoms with Crippen LogP contribution in [0.1, 0.15) is 19.0 Å². The van der Waals surface area contributed by atoms with Gasteiger partial charge in [-0.1, -0.05) is 0 Å². The third kappa shape index (κ3) is 2.90. The van der Waals surface area contributed by atoms with Crippen LogP contribution in [-0.2, 0) is 21.1 Å². The number of hydrogen-bond donors (Lipinski definition) is 1. The van der Waals surface area contributed by atoms with Crippen LogP contribution < -0.4 is 0 Å².